The van der Waals surface area contributed by atoms with Gasteiger partial charge >= 0.3 is 0 Å². The van der Waals surface area contributed by atoms with Crippen LogP contribution in [0.3, 0.4) is 0 Å². The fourth-order valence-electron chi connectivity index (χ4n) is 3.06. The molecule has 0 aromatic heterocycles. The highest BCUT2D eigenvalue weighted by atomic mass is 32.1. The molecule has 0 radical (unpaired) electrons. The number of rotatable bonds is 4. The van der Waals surface area contributed by atoms with Crippen molar-refractivity contribution in [3.8, 4) is 0 Å². The number of carbonyl (C=O) groups excluding carboxylic acids is 1. The Kier molecular flexibility index (Phi) is 11.3. The van der Waals surface area contributed by atoms with E-state index in [2.05, 4.69) is 17.6 Å². The van der Waals surface area contributed by atoms with Gasteiger partial charge in [0, 0.05) is 12.5 Å². The van der Waals surface area contributed by atoms with Gasteiger partial charge in [-0.15, -0.1) is 0 Å². The Morgan fingerprint density at radius 2 is 1.45 bits per heavy atom. The van der Waals surface area contributed by atoms with Crippen molar-refractivity contribution in [2.45, 2.75) is 103 Å². The molecule has 0 atom stereocenters. The van der Waals surface area contributed by atoms with Crippen LogP contribution in [-0.4, -0.2) is 17.1 Å². The smallest absolute Gasteiger partial charge is 0.226 e. The molecule has 1 saturated carbocycles. The number of hydrogen-bond acceptors (Lipinski definition) is 2. The fourth-order valence-corrected chi connectivity index (χ4v) is 3.34. The van der Waals surface area contributed by atoms with Gasteiger partial charge in [-0.2, -0.15) is 0 Å². The van der Waals surface area contributed by atoms with Gasteiger partial charge in [-0.05, 0) is 31.5 Å². The number of amides is 1. The molecular weight excluding hydrogens is 292 g/mol. The van der Waals surface area contributed by atoms with Gasteiger partial charge in [-0.3, -0.25) is 4.79 Å². The molecule has 22 heavy (non-hydrogen) atoms. The summed E-state index contributed by atoms with van der Waals surface area (Å²) < 4.78 is 0. The Morgan fingerprint density at radius 3 is 1.95 bits per heavy atom. The van der Waals surface area contributed by atoms with Gasteiger partial charge in [0.2, 0.25) is 5.91 Å². The third-order valence-corrected chi connectivity index (χ3v) is 4.67. The van der Waals surface area contributed by atoms with Gasteiger partial charge in [-0.1, -0.05) is 71.1 Å². The van der Waals surface area contributed by atoms with Crippen LogP contribution in [0.15, 0.2) is 0 Å². The molecule has 0 aliphatic heterocycles. The van der Waals surface area contributed by atoms with Crippen molar-refractivity contribution in [1.82, 2.24) is 10.6 Å². The molecule has 1 aliphatic rings. The minimum absolute atomic E-state index is 0.0486. The van der Waals surface area contributed by atoms with Gasteiger partial charge in [0.15, 0.2) is 5.11 Å². The highest BCUT2D eigenvalue weighted by Crippen LogP contribution is 2.16. The molecule has 1 aliphatic carbocycles. The highest BCUT2D eigenvalue weighted by molar-refractivity contribution is 7.80. The summed E-state index contributed by atoms with van der Waals surface area (Å²) in [5.41, 5.74) is 0. The van der Waals surface area contributed by atoms with Gasteiger partial charge in [0.1, 0.15) is 0 Å². The fraction of sp³-hybridized carbons (Fsp3) is 0.889. The minimum Gasteiger partial charge on any atom is -0.360 e. The second-order valence-electron chi connectivity index (χ2n) is 6.58. The predicted molar refractivity (Wildman–Crippen MR) is 98.0 cm³/mol. The standard InChI is InChI=1S/C18H34N2OS/c1-2-3-15-17(21)20-18(22)19-16-13-11-9-7-5-4-6-8-10-12-14-16/h16H,2-15H2,1H3,(H2,19,20,21,22). The molecule has 0 bridgehead atoms. The average molecular weight is 327 g/mol. The zero-order valence-corrected chi connectivity index (χ0v) is 15.1. The van der Waals surface area contributed by atoms with Crippen molar-refractivity contribution < 1.29 is 4.79 Å². The maximum absolute atomic E-state index is 11.7. The van der Waals surface area contributed by atoms with E-state index in [0.717, 1.165) is 12.8 Å². The molecule has 0 saturated heterocycles. The number of nitrogens with one attached hydrogen (secondary N) is 2. The van der Waals surface area contributed by atoms with Crippen LogP contribution < -0.4 is 10.6 Å². The molecule has 2 N–H and O–H groups in total. The lowest BCUT2D eigenvalue weighted by Gasteiger charge is -2.21. The van der Waals surface area contributed by atoms with E-state index in [0.29, 0.717) is 17.6 Å². The molecule has 4 heteroatoms. The predicted octanol–water partition coefficient (Wildman–Crippen LogP) is 4.84. The lowest BCUT2D eigenvalue weighted by Crippen LogP contribution is -2.44. The van der Waals surface area contributed by atoms with Crippen molar-refractivity contribution in [3.05, 3.63) is 0 Å². The summed E-state index contributed by atoms with van der Waals surface area (Å²) in [7, 11) is 0. The van der Waals surface area contributed by atoms with Gasteiger partial charge in [0.25, 0.3) is 0 Å². The summed E-state index contributed by atoms with van der Waals surface area (Å²) in [5.74, 6) is 0.0486. The Hall–Kier alpha value is -0.640. The van der Waals surface area contributed by atoms with Crippen LogP contribution in [0.25, 0.3) is 0 Å². The first kappa shape index (κ1) is 19.4. The van der Waals surface area contributed by atoms with Crippen LogP contribution in [0.5, 0.6) is 0 Å². The molecule has 1 fully saturated rings. The second-order valence-corrected chi connectivity index (χ2v) is 6.99. The Morgan fingerprint density at radius 1 is 0.955 bits per heavy atom. The SMILES string of the molecule is CCCCC(=O)NC(=S)NC1CCCCCCCCCCC1. The third kappa shape index (κ3) is 10.1. The van der Waals surface area contributed by atoms with E-state index in [1.54, 1.807) is 0 Å². The third-order valence-electron chi connectivity index (χ3n) is 4.45. The van der Waals surface area contributed by atoms with Crippen molar-refractivity contribution in [3.63, 3.8) is 0 Å². The van der Waals surface area contributed by atoms with Crippen LogP contribution in [0.1, 0.15) is 96.8 Å². The van der Waals surface area contributed by atoms with Crippen LogP contribution in [0.2, 0.25) is 0 Å². The topological polar surface area (TPSA) is 41.1 Å². The molecule has 128 valence electrons. The quantitative estimate of drug-likeness (QED) is 0.726. The first-order valence-electron chi connectivity index (χ1n) is 9.32. The molecule has 0 unspecified atom stereocenters. The average Bonchev–Trinajstić information content (AvgIpc) is 2.48. The number of carbonyl (C=O) groups is 1. The first-order chi connectivity index (χ1) is 10.7. The number of hydrogen-bond donors (Lipinski definition) is 2. The van der Waals surface area contributed by atoms with Gasteiger partial charge in [-0.25, -0.2) is 0 Å². The molecular formula is C18H34N2OS. The number of unbranched alkanes of at least 4 members (excludes halogenated alkanes) is 1. The maximum Gasteiger partial charge on any atom is 0.226 e. The van der Waals surface area contributed by atoms with Crippen LogP contribution in [0.4, 0.5) is 0 Å². The zero-order valence-electron chi connectivity index (χ0n) is 14.3. The Balaban J connectivity index is 2.31. The molecule has 0 spiro atoms. The van der Waals surface area contributed by atoms with E-state index >= 15 is 0 Å². The Bertz CT molecular complexity index is 308. The van der Waals surface area contributed by atoms with E-state index in [1.807, 2.05) is 0 Å². The maximum atomic E-state index is 11.7. The first-order valence-corrected chi connectivity index (χ1v) is 9.73. The van der Waals surface area contributed by atoms with E-state index in [-0.39, 0.29) is 5.91 Å². The van der Waals surface area contributed by atoms with Crippen molar-refractivity contribution in [2.75, 3.05) is 0 Å². The van der Waals surface area contributed by atoms with E-state index in [1.165, 1.54) is 70.6 Å². The summed E-state index contributed by atoms with van der Waals surface area (Å²) in [6, 6.07) is 0.429. The lowest BCUT2D eigenvalue weighted by molar-refractivity contribution is -0.119. The van der Waals surface area contributed by atoms with Crippen molar-refractivity contribution in [1.29, 1.82) is 0 Å². The van der Waals surface area contributed by atoms with Crippen LogP contribution >= 0.6 is 12.2 Å². The molecule has 1 rings (SSSR count). The van der Waals surface area contributed by atoms with Gasteiger partial charge in [0.05, 0.1) is 0 Å². The molecule has 3 nitrogen and oxygen atoms in total. The summed E-state index contributed by atoms with van der Waals surface area (Å²) in [6.07, 6.45) is 17.0. The minimum atomic E-state index is 0.0486. The van der Waals surface area contributed by atoms with E-state index in [4.69, 9.17) is 12.2 Å². The largest absolute Gasteiger partial charge is 0.360 e. The monoisotopic (exact) mass is 326 g/mol. The number of thiocarbonyl (C=S) groups is 1. The molecule has 0 heterocycles. The van der Waals surface area contributed by atoms with Crippen molar-refractivity contribution >= 4 is 23.2 Å². The lowest BCUT2D eigenvalue weighted by atomic mass is 9.98. The second kappa shape index (κ2) is 12.9. The Labute approximate surface area is 142 Å². The van der Waals surface area contributed by atoms with Crippen molar-refractivity contribution in [2.24, 2.45) is 0 Å². The van der Waals surface area contributed by atoms with Crippen LogP contribution in [0, 0.1) is 0 Å². The summed E-state index contributed by atoms with van der Waals surface area (Å²) >= 11 is 5.31. The summed E-state index contributed by atoms with van der Waals surface area (Å²) in [4.78, 5) is 11.7. The normalized spacial score (nSPS) is 18.8. The van der Waals surface area contributed by atoms with E-state index < -0.39 is 0 Å². The van der Waals surface area contributed by atoms with Crippen LogP contribution in [-0.2, 0) is 4.79 Å². The molecule has 0 aromatic rings. The van der Waals surface area contributed by atoms with Gasteiger partial charge < -0.3 is 10.6 Å². The summed E-state index contributed by atoms with van der Waals surface area (Å²) in [6.45, 7) is 2.09. The molecule has 1 amide bonds. The molecule has 0 aromatic carbocycles. The highest BCUT2D eigenvalue weighted by Gasteiger charge is 2.12. The summed E-state index contributed by atoms with van der Waals surface area (Å²) in [5, 5.41) is 6.73. The van der Waals surface area contributed by atoms with E-state index in [9.17, 15) is 4.79 Å². The zero-order chi connectivity index (χ0) is 16.0.